The molecule has 1 amide bonds. The number of aromatic nitrogens is 3. The van der Waals surface area contributed by atoms with Gasteiger partial charge in [0.25, 0.3) is 5.91 Å². The molecule has 10 heteroatoms. The molecule has 2 N–H and O–H groups in total. The van der Waals surface area contributed by atoms with E-state index in [4.69, 9.17) is 9.73 Å². The van der Waals surface area contributed by atoms with Crippen LogP contribution in [0.1, 0.15) is 40.9 Å². The molecule has 2 aromatic rings. The highest BCUT2D eigenvalue weighted by atomic mass is 127. The maximum atomic E-state index is 12.0. The second-order valence-electron chi connectivity index (χ2n) is 7.53. The zero-order chi connectivity index (χ0) is 21.5. The summed E-state index contributed by atoms with van der Waals surface area (Å²) in [5.74, 6) is 2.51. The van der Waals surface area contributed by atoms with Gasteiger partial charge in [-0.05, 0) is 31.0 Å². The predicted molar refractivity (Wildman–Crippen MR) is 131 cm³/mol. The van der Waals surface area contributed by atoms with E-state index < -0.39 is 0 Å². The molecule has 0 bridgehead atoms. The lowest BCUT2D eigenvalue weighted by atomic mass is 10.1. The van der Waals surface area contributed by atoms with Crippen molar-refractivity contribution in [3.05, 3.63) is 47.0 Å². The van der Waals surface area contributed by atoms with Crippen molar-refractivity contribution >= 4 is 35.8 Å². The average molecular weight is 541 g/mol. The monoisotopic (exact) mass is 541 g/mol. The molecule has 0 saturated heterocycles. The molecule has 2 heterocycles. The first-order chi connectivity index (χ1) is 14.5. The SMILES string of the molecule is CCNC(=NCc1ccc(C(=O)N(C)C)cc1)NC1CCc2nc(COC)nn2C1.I. The number of rotatable bonds is 7. The lowest BCUT2D eigenvalue weighted by Gasteiger charge is -2.25. The van der Waals surface area contributed by atoms with Gasteiger partial charge in [-0.2, -0.15) is 5.10 Å². The van der Waals surface area contributed by atoms with Crippen molar-refractivity contribution in [1.82, 2.24) is 30.3 Å². The second kappa shape index (κ2) is 12.0. The molecule has 9 nitrogen and oxygen atoms in total. The summed E-state index contributed by atoms with van der Waals surface area (Å²) in [6.07, 6.45) is 1.84. The van der Waals surface area contributed by atoms with Gasteiger partial charge in [0.1, 0.15) is 12.4 Å². The highest BCUT2D eigenvalue weighted by Crippen LogP contribution is 2.14. The molecule has 0 radical (unpaired) electrons. The normalized spacial score (nSPS) is 15.6. The number of nitrogens with zero attached hydrogens (tertiary/aromatic N) is 5. The fourth-order valence-electron chi connectivity index (χ4n) is 3.36. The summed E-state index contributed by atoms with van der Waals surface area (Å²) >= 11 is 0. The van der Waals surface area contributed by atoms with Crippen molar-refractivity contribution < 1.29 is 9.53 Å². The number of carbonyl (C=O) groups is 1. The van der Waals surface area contributed by atoms with E-state index >= 15 is 0 Å². The summed E-state index contributed by atoms with van der Waals surface area (Å²) in [7, 11) is 5.15. The highest BCUT2D eigenvalue weighted by Gasteiger charge is 2.22. The lowest BCUT2D eigenvalue weighted by molar-refractivity contribution is 0.0827. The van der Waals surface area contributed by atoms with Gasteiger partial charge >= 0.3 is 0 Å². The van der Waals surface area contributed by atoms with Gasteiger partial charge in [0.2, 0.25) is 0 Å². The molecule has 3 rings (SSSR count). The van der Waals surface area contributed by atoms with Gasteiger partial charge in [-0.3, -0.25) is 4.79 Å². The number of carbonyl (C=O) groups excluding carboxylic acids is 1. The first-order valence-electron chi connectivity index (χ1n) is 10.3. The molecule has 0 aliphatic carbocycles. The van der Waals surface area contributed by atoms with Crippen LogP contribution in [0.4, 0.5) is 0 Å². The van der Waals surface area contributed by atoms with E-state index in [2.05, 4.69) is 20.7 Å². The Morgan fingerprint density at radius 3 is 2.71 bits per heavy atom. The van der Waals surface area contributed by atoms with Crippen LogP contribution < -0.4 is 10.6 Å². The fourth-order valence-corrected chi connectivity index (χ4v) is 3.36. The Labute approximate surface area is 200 Å². The molecule has 170 valence electrons. The van der Waals surface area contributed by atoms with E-state index in [9.17, 15) is 4.79 Å². The van der Waals surface area contributed by atoms with Crippen molar-refractivity contribution in [2.24, 2.45) is 4.99 Å². The first-order valence-corrected chi connectivity index (χ1v) is 10.3. The minimum atomic E-state index is -0.00140. The number of hydrogen-bond acceptors (Lipinski definition) is 5. The van der Waals surface area contributed by atoms with Crippen molar-refractivity contribution in [2.45, 2.75) is 45.5 Å². The smallest absolute Gasteiger partial charge is 0.253 e. The molecule has 31 heavy (non-hydrogen) atoms. The van der Waals surface area contributed by atoms with Gasteiger partial charge < -0.3 is 20.3 Å². The van der Waals surface area contributed by atoms with E-state index in [0.717, 1.165) is 49.1 Å². The van der Waals surface area contributed by atoms with Crippen LogP contribution in [0, 0.1) is 0 Å². The van der Waals surface area contributed by atoms with E-state index in [1.54, 1.807) is 26.1 Å². The van der Waals surface area contributed by atoms with Crippen molar-refractivity contribution in [3.63, 3.8) is 0 Å². The molecule has 1 atom stereocenters. The van der Waals surface area contributed by atoms with Gasteiger partial charge in [0.05, 0.1) is 13.1 Å². The Hall–Kier alpha value is -2.21. The van der Waals surface area contributed by atoms with E-state index in [0.29, 0.717) is 18.7 Å². The number of fused-ring (bicyclic) bond motifs is 1. The van der Waals surface area contributed by atoms with Crippen LogP contribution in [0.25, 0.3) is 0 Å². The van der Waals surface area contributed by atoms with Gasteiger partial charge in [-0.1, -0.05) is 12.1 Å². The fraction of sp³-hybridized carbons (Fsp3) is 0.524. The van der Waals surface area contributed by atoms with E-state index in [1.807, 2.05) is 35.9 Å². The molecular weight excluding hydrogens is 509 g/mol. The van der Waals surface area contributed by atoms with Crippen LogP contribution in [0.2, 0.25) is 0 Å². The summed E-state index contributed by atoms with van der Waals surface area (Å²) in [6, 6.07) is 7.82. The Morgan fingerprint density at radius 2 is 2.06 bits per heavy atom. The molecule has 0 spiro atoms. The van der Waals surface area contributed by atoms with Gasteiger partial charge in [-0.25, -0.2) is 14.7 Å². The highest BCUT2D eigenvalue weighted by molar-refractivity contribution is 14.0. The summed E-state index contributed by atoms with van der Waals surface area (Å²) < 4.78 is 7.09. The van der Waals surface area contributed by atoms with Crippen LogP contribution in [-0.2, 0) is 30.9 Å². The van der Waals surface area contributed by atoms with Gasteiger partial charge in [-0.15, -0.1) is 24.0 Å². The number of ether oxygens (including phenoxy) is 1. The molecule has 1 unspecified atom stereocenters. The number of aliphatic imine (C=N–C) groups is 1. The van der Waals surface area contributed by atoms with Crippen molar-refractivity contribution in [1.29, 1.82) is 0 Å². The number of nitrogens with one attached hydrogen (secondary N) is 2. The van der Waals surface area contributed by atoms with Crippen LogP contribution in [0.5, 0.6) is 0 Å². The Balaban J connectivity index is 0.00000341. The zero-order valence-corrected chi connectivity index (χ0v) is 20.9. The van der Waals surface area contributed by atoms with Gasteiger partial charge in [0.15, 0.2) is 11.8 Å². The molecule has 0 fully saturated rings. The Morgan fingerprint density at radius 1 is 1.32 bits per heavy atom. The van der Waals surface area contributed by atoms with Crippen LogP contribution in [0.15, 0.2) is 29.3 Å². The predicted octanol–water partition coefficient (Wildman–Crippen LogP) is 1.81. The summed E-state index contributed by atoms with van der Waals surface area (Å²) in [5, 5.41) is 11.3. The summed E-state index contributed by atoms with van der Waals surface area (Å²) in [6.45, 7) is 4.54. The number of halogens is 1. The number of methoxy groups -OCH3 is 1. The quantitative estimate of drug-likeness (QED) is 0.316. The topological polar surface area (TPSA) is 96.7 Å². The largest absolute Gasteiger partial charge is 0.377 e. The Bertz CT molecular complexity index is 880. The molecule has 1 aliphatic rings. The van der Waals surface area contributed by atoms with Crippen LogP contribution in [-0.4, -0.2) is 65.3 Å². The first kappa shape index (κ1) is 25.1. The molecular formula is C21H32IN7O2. The van der Waals surface area contributed by atoms with Crippen molar-refractivity contribution in [2.75, 3.05) is 27.7 Å². The van der Waals surface area contributed by atoms with E-state index in [-0.39, 0.29) is 35.9 Å². The number of aryl methyl sites for hydroxylation is 1. The summed E-state index contributed by atoms with van der Waals surface area (Å²) in [4.78, 5) is 22.8. The number of guanidine groups is 1. The third-order valence-electron chi connectivity index (χ3n) is 4.89. The maximum absolute atomic E-state index is 12.0. The second-order valence-corrected chi connectivity index (χ2v) is 7.53. The zero-order valence-electron chi connectivity index (χ0n) is 18.6. The molecule has 0 saturated carbocycles. The number of benzene rings is 1. The van der Waals surface area contributed by atoms with Crippen LogP contribution >= 0.6 is 24.0 Å². The standard InChI is InChI=1S/C21H31N7O2.HI/c1-5-22-21(23-12-15-6-8-16(9-7-15)20(29)27(2)3)24-17-10-11-19-25-18(14-30-4)26-28(19)13-17;/h6-9,17H,5,10-14H2,1-4H3,(H2,22,23,24);1H. The molecule has 1 aliphatic heterocycles. The minimum absolute atomic E-state index is 0. The number of amides is 1. The average Bonchev–Trinajstić information content (AvgIpc) is 3.14. The Kier molecular flexibility index (Phi) is 9.69. The van der Waals surface area contributed by atoms with Gasteiger partial charge in [0, 0.05) is 45.8 Å². The lowest BCUT2D eigenvalue weighted by Crippen LogP contribution is -2.47. The number of hydrogen-bond donors (Lipinski definition) is 2. The third-order valence-corrected chi connectivity index (χ3v) is 4.89. The summed E-state index contributed by atoms with van der Waals surface area (Å²) in [5.41, 5.74) is 1.73. The van der Waals surface area contributed by atoms with E-state index in [1.165, 1.54) is 0 Å². The third kappa shape index (κ3) is 6.89. The minimum Gasteiger partial charge on any atom is -0.377 e. The van der Waals surface area contributed by atoms with Crippen LogP contribution in [0.3, 0.4) is 0 Å². The maximum Gasteiger partial charge on any atom is 0.253 e. The van der Waals surface area contributed by atoms with Crippen molar-refractivity contribution in [3.8, 4) is 0 Å². The molecule has 1 aromatic carbocycles. The molecule has 1 aromatic heterocycles.